The van der Waals surface area contributed by atoms with Crippen molar-refractivity contribution >= 4 is 41.1 Å². The maximum atomic E-state index is 6.37. The highest BCUT2D eigenvalue weighted by atomic mass is 127. The molecule has 0 aromatic rings. The lowest BCUT2D eigenvalue weighted by molar-refractivity contribution is 0.520. The van der Waals surface area contributed by atoms with E-state index >= 15 is 0 Å². The minimum atomic E-state index is -1.30. The molecule has 0 rings (SSSR count). The van der Waals surface area contributed by atoms with Crippen LogP contribution in [0.2, 0.25) is 19.1 Å². The van der Waals surface area contributed by atoms with Gasteiger partial charge in [0.15, 0.2) is 0 Å². The van der Waals surface area contributed by atoms with Crippen LogP contribution in [0.15, 0.2) is 0 Å². The van der Waals surface area contributed by atoms with Gasteiger partial charge in [0.25, 0.3) is 0 Å². The molecule has 0 amide bonds. The minimum Gasteiger partial charge on any atom is -0.168 e. The average Bonchev–Trinajstić information content (AvgIpc) is 2.67. The number of halogens is 2. The summed E-state index contributed by atoms with van der Waals surface area (Å²) in [6.07, 6.45) is 32.2. The van der Waals surface area contributed by atoms with Crippen molar-refractivity contribution in [1.29, 1.82) is 0 Å². The Kier molecular flexibility index (Phi) is 24.9. The van der Waals surface area contributed by atoms with E-state index in [1.165, 1.54) is 152 Å². The monoisotopic (exact) mass is 556 g/mol. The molecule has 0 spiro atoms. The second-order valence-corrected chi connectivity index (χ2v) is 18.0. The van der Waals surface area contributed by atoms with E-state index in [0.29, 0.717) is 0 Å². The summed E-state index contributed by atoms with van der Waals surface area (Å²) in [6, 6.07) is 1.30. The van der Waals surface area contributed by atoms with Crippen molar-refractivity contribution in [2.45, 2.75) is 160 Å². The molecular formula is C26H54ClISi. The zero-order valence-corrected chi connectivity index (χ0v) is 24.1. The van der Waals surface area contributed by atoms with E-state index in [0.717, 1.165) is 0 Å². The fourth-order valence-electron chi connectivity index (χ4n) is 4.18. The average molecular weight is 557 g/mol. The molecule has 0 bridgehead atoms. The van der Waals surface area contributed by atoms with Crippen molar-refractivity contribution in [1.82, 2.24) is 0 Å². The predicted molar refractivity (Wildman–Crippen MR) is 149 cm³/mol. The van der Waals surface area contributed by atoms with Gasteiger partial charge in [-0.2, -0.15) is 11.1 Å². The van der Waals surface area contributed by atoms with Gasteiger partial charge in [-0.1, -0.05) is 171 Å². The van der Waals surface area contributed by atoms with Gasteiger partial charge in [0.1, 0.15) is 7.38 Å². The molecule has 0 aromatic carbocycles. The molecule has 29 heavy (non-hydrogen) atoms. The summed E-state index contributed by atoms with van der Waals surface area (Å²) < 4.78 is 1.34. The highest BCUT2D eigenvalue weighted by Crippen LogP contribution is 2.19. The molecule has 0 saturated carbocycles. The Bertz CT molecular complexity index is 304. The molecule has 0 aliphatic heterocycles. The van der Waals surface area contributed by atoms with Crippen LogP contribution in [0, 0.1) is 0 Å². The molecule has 176 valence electrons. The van der Waals surface area contributed by atoms with Gasteiger partial charge in [-0.15, -0.1) is 0 Å². The quantitative estimate of drug-likeness (QED) is 0.0364. The molecule has 0 aromatic heterocycles. The van der Waals surface area contributed by atoms with E-state index in [9.17, 15) is 0 Å². The maximum Gasteiger partial charge on any atom is 0.150 e. The van der Waals surface area contributed by atoms with Crippen molar-refractivity contribution < 1.29 is 0 Å². The Labute approximate surface area is 205 Å². The first-order valence-corrected chi connectivity index (χ1v) is 19.1. The third-order valence-corrected chi connectivity index (χ3v) is 9.03. The van der Waals surface area contributed by atoms with Crippen molar-refractivity contribution in [3.63, 3.8) is 0 Å². The van der Waals surface area contributed by atoms with Crippen LogP contribution in [0.1, 0.15) is 141 Å². The maximum absolute atomic E-state index is 6.37. The Balaban J connectivity index is 3.02. The van der Waals surface area contributed by atoms with Crippen molar-refractivity contribution in [2.24, 2.45) is 0 Å². The normalized spacial score (nSPS) is 12.0. The summed E-state index contributed by atoms with van der Waals surface area (Å²) >= 11 is 8.87. The van der Waals surface area contributed by atoms with E-state index in [1.807, 2.05) is 0 Å². The van der Waals surface area contributed by atoms with E-state index < -0.39 is 7.38 Å². The highest BCUT2D eigenvalue weighted by Gasteiger charge is 2.15. The van der Waals surface area contributed by atoms with Gasteiger partial charge in [-0.25, -0.2) is 0 Å². The second kappa shape index (κ2) is 23.9. The molecular weight excluding hydrogens is 503 g/mol. The fraction of sp³-hybridized carbons (Fsp3) is 1.00. The Hall–Kier alpha value is 1.24. The van der Waals surface area contributed by atoms with E-state index in [-0.39, 0.29) is 0 Å². The van der Waals surface area contributed by atoms with Crippen LogP contribution in [0.4, 0.5) is 0 Å². The zero-order valence-electron chi connectivity index (χ0n) is 20.2. The number of rotatable bonds is 24. The highest BCUT2D eigenvalue weighted by molar-refractivity contribution is 14.1. The van der Waals surface area contributed by atoms with Crippen LogP contribution < -0.4 is 0 Å². The molecule has 0 saturated heterocycles. The van der Waals surface area contributed by atoms with Gasteiger partial charge in [0.2, 0.25) is 0 Å². The van der Waals surface area contributed by atoms with Crippen molar-refractivity contribution in [3.8, 4) is 0 Å². The van der Waals surface area contributed by atoms with Crippen LogP contribution in [-0.4, -0.2) is 11.8 Å². The van der Waals surface area contributed by atoms with Crippen LogP contribution in [-0.2, 0) is 0 Å². The first-order valence-electron chi connectivity index (χ1n) is 13.3. The number of unbranched alkanes of at least 4 members (excludes halogenated alkanes) is 21. The van der Waals surface area contributed by atoms with Crippen LogP contribution in [0.3, 0.4) is 0 Å². The number of alkyl halides is 1. The smallest absolute Gasteiger partial charge is 0.150 e. The largest absolute Gasteiger partial charge is 0.168 e. The van der Waals surface area contributed by atoms with E-state index in [1.54, 1.807) is 0 Å². The van der Waals surface area contributed by atoms with Crippen molar-refractivity contribution in [3.05, 3.63) is 0 Å². The van der Waals surface area contributed by atoms with Gasteiger partial charge in [-0.3, -0.25) is 0 Å². The topological polar surface area (TPSA) is 0 Å². The summed E-state index contributed by atoms with van der Waals surface area (Å²) in [5.74, 6) is 0. The summed E-state index contributed by atoms with van der Waals surface area (Å²) in [5.41, 5.74) is 0. The standard InChI is InChI=1S/C26H54ClISi/c1-29(2,27)26-24-22-20-18-16-14-12-10-8-6-4-3-5-7-9-11-13-15-17-19-21-23-25-28/h3-26H2,1-2H3. The third-order valence-electron chi connectivity index (χ3n) is 6.15. The zero-order chi connectivity index (χ0) is 21.5. The first-order chi connectivity index (χ1) is 14.1. The van der Waals surface area contributed by atoms with Crippen LogP contribution in [0.25, 0.3) is 0 Å². The summed E-state index contributed by atoms with van der Waals surface area (Å²) in [5, 5.41) is 0. The lowest BCUT2D eigenvalue weighted by Crippen LogP contribution is -2.14. The SMILES string of the molecule is C[Si](C)(Cl)CCCCCCCCCCCCCCCCCCCCCCCCI. The van der Waals surface area contributed by atoms with Gasteiger partial charge >= 0.3 is 0 Å². The molecule has 0 N–H and O–H groups in total. The molecule has 0 unspecified atom stereocenters. The third kappa shape index (κ3) is 29.2. The predicted octanol–water partition coefficient (Wildman–Crippen LogP) is 11.4. The molecule has 0 atom stereocenters. The minimum absolute atomic E-state index is 1.30. The second-order valence-electron chi connectivity index (χ2n) is 9.94. The molecule has 3 heteroatoms. The lowest BCUT2D eigenvalue weighted by atomic mass is 10.0. The van der Waals surface area contributed by atoms with Gasteiger partial charge in [0.05, 0.1) is 0 Å². The molecule has 0 aliphatic carbocycles. The summed E-state index contributed by atoms with van der Waals surface area (Å²) in [4.78, 5) is 0. The Morgan fingerprint density at radius 2 is 0.621 bits per heavy atom. The molecule has 0 aliphatic rings. The molecule has 0 fully saturated rings. The molecule has 0 heterocycles. The van der Waals surface area contributed by atoms with Crippen molar-refractivity contribution in [2.75, 3.05) is 4.43 Å². The fourth-order valence-corrected chi connectivity index (χ4v) is 6.21. The molecule has 0 nitrogen and oxygen atoms in total. The van der Waals surface area contributed by atoms with Gasteiger partial charge in [-0.05, 0) is 16.9 Å². The van der Waals surface area contributed by atoms with E-state index in [2.05, 4.69) is 35.7 Å². The Morgan fingerprint density at radius 3 is 0.828 bits per heavy atom. The number of hydrogen-bond donors (Lipinski definition) is 0. The molecule has 0 radical (unpaired) electrons. The van der Waals surface area contributed by atoms with Gasteiger partial charge < -0.3 is 0 Å². The van der Waals surface area contributed by atoms with Gasteiger partial charge in [0, 0.05) is 0 Å². The van der Waals surface area contributed by atoms with E-state index in [4.69, 9.17) is 11.1 Å². The van der Waals surface area contributed by atoms with Crippen LogP contribution in [0.5, 0.6) is 0 Å². The number of hydrogen-bond acceptors (Lipinski definition) is 0. The first kappa shape index (κ1) is 30.2. The summed E-state index contributed by atoms with van der Waals surface area (Å²) in [6.45, 7) is 4.54. The Morgan fingerprint density at radius 1 is 0.414 bits per heavy atom. The van der Waals surface area contributed by atoms with Crippen LogP contribution >= 0.6 is 33.7 Å². The summed E-state index contributed by atoms with van der Waals surface area (Å²) in [7, 11) is -1.30. The lowest BCUT2D eigenvalue weighted by Gasteiger charge is -2.11.